The molecule has 1 aromatic carbocycles. The molecular weight excluding hydrogens is 221 g/mol. The summed E-state index contributed by atoms with van der Waals surface area (Å²) in [5, 5.41) is 3.02. The summed E-state index contributed by atoms with van der Waals surface area (Å²) in [6, 6.07) is 5.07. The highest BCUT2D eigenvalue weighted by molar-refractivity contribution is 7.09. The highest BCUT2D eigenvalue weighted by Crippen LogP contribution is 2.23. The lowest BCUT2D eigenvalue weighted by molar-refractivity contribution is 0.619. The van der Waals surface area contributed by atoms with Crippen LogP contribution in [0, 0.1) is 19.7 Å². The zero-order valence-electron chi connectivity index (χ0n) is 10.0. The molecule has 1 aromatic heterocycles. The van der Waals surface area contributed by atoms with Gasteiger partial charge in [-0.05, 0) is 37.6 Å². The normalized spacial score (nSPS) is 9.56. The molecule has 86 valence electrons. The average Bonchev–Trinajstić information content (AvgIpc) is 2.72. The number of rotatable bonds is 1. The van der Waals surface area contributed by atoms with Gasteiger partial charge in [0.1, 0.15) is 5.82 Å². The van der Waals surface area contributed by atoms with Gasteiger partial charge in [0.25, 0.3) is 0 Å². The van der Waals surface area contributed by atoms with Gasteiger partial charge in [0.15, 0.2) is 0 Å². The molecule has 2 aromatic rings. The zero-order chi connectivity index (χ0) is 12.1. The molecule has 0 N–H and O–H groups in total. The van der Waals surface area contributed by atoms with E-state index in [-0.39, 0.29) is 5.82 Å². The SMILES string of the molecule is CC.Cc1nc(-c2ccc(F)c(C)c2)cs1. The van der Waals surface area contributed by atoms with E-state index >= 15 is 0 Å². The van der Waals surface area contributed by atoms with Gasteiger partial charge in [-0.15, -0.1) is 11.3 Å². The number of aryl methyl sites for hydroxylation is 2. The molecule has 0 bridgehead atoms. The van der Waals surface area contributed by atoms with E-state index < -0.39 is 0 Å². The first-order chi connectivity index (χ1) is 7.66. The van der Waals surface area contributed by atoms with Crippen LogP contribution in [0.1, 0.15) is 24.4 Å². The number of hydrogen-bond acceptors (Lipinski definition) is 2. The zero-order valence-corrected chi connectivity index (χ0v) is 10.9. The van der Waals surface area contributed by atoms with Gasteiger partial charge in [0, 0.05) is 10.9 Å². The third-order valence-electron chi connectivity index (χ3n) is 2.07. The molecule has 0 fully saturated rings. The predicted molar refractivity (Wildman–Crippen MR) is 68.3 cm³/mol. The van der Waals surface area contributed by atoms with E-state index in [1.54, 1.807) is 24.3 Å². The molecule has 1 nitrogen and oxygen atoms in total. The first-order valence-electron chi connectivity index (χ1n) is 5.35. The Kier molecular flexibility index (Phi) is 4.62. The van der Waals surface area contributed by atoms with Gasteiger partial charge in [-0.3, -0.25) is 0 Å². The van der Waals surface area contributed by atoms with Crippen molar-refractivity contribution in [2.45, 2.75) is 27.7 Å². The molecule has 16 heavy (non-hydrogen) atoms. The molecular formula is C13H16FNS. The molecule has 0 saturated carbocycles. The minimum absolute atomic E-state index is 0.166. The molecule has 0 amide bonds. The van der Waals surface area contributed by atoms with E-state index in [0.717, 1.165) is 16.3 Å². The van der Waals surface area contributed by atoms with Crippen LogP contribution in [0.25, 0.3) is 11.3 Å². The Bertz CT molecular complexity index is 463. The fourth-order valence-electron chi connectivity index (χ4n) is 1.30. The smallest absolute Gasteiger partial charge is 0.126 e. The van der Waals surface area contributed by atoms with Crippen LogP contribution in [0.5, 0.6) is 0 Å². The largest absolute Gasteiger partial charge is 0.242 e. The Labute approximate surface area is 100.0 Å². The lowest BCUT2D eigenvalue weighted by Crippen LogP contribution is -1.84. The molecule has 0 spiro atoms. The third-order valence-corrected chi connectivity index (χ3v) is 2.85. The van der Waals surface area contributed by atoms with E-state index in [4.69, 9.17) is 0 Å². The van der Waals surface area contributed by atoms with Crippen molar-refractivity contribution >= 4 is 11.3 Å². The summed E-state index contributed by atoms with van der Waals surface area (Å²) >= 11 is 1.60. The second-order valence-electron chi connectivity index (χ2n) is 3.22. The number of halogens is 1. The second kappa shape index (κ2) is 5.75. The quantitative estimate of drug-likeness (QED) is 0.706. The molecule has 0 saturated heterocycles. The Hall–Kier alpha value is -1.22. The maximum absolute atomic E-state index is 13.0. The number of aromatic nitrogens is 1. The van der Waals surface area contributed by atoms with Crippen LogP contribution >= 0.6 is 11.3 Å². The van der Waals surface area contributed by atoms with Crippen LogP contribution in [-0.4, -0.2) is 4.98 Å². The minimum Gasteiger partial charge on any atom is -0.242 e. The Morgan fingerprint density at radius 3 is 2.38 bits per heavy atom. The molecule has 2 rings (SSSR count). The summed E-state index contributed by atoms with van der Waals surface area (Å²) in [6.45, 7) is 7.72. The van der Waals surface area contributed by atoms with Gasteiger partial charge >= 0.3 is 0 Å². The van der Waals surface area contributed by atoms with Gasteiger partial charge < -0.3 is 0 Å². The Morgan fingerprint density at radius 1 is 1.19 bits per heavy atom. The first kappa shape index (κ1) is 12.8. The van der Waals surface area contributed by atoms with Crippen LogP contribution in [-0.2, 0) is 0 Å². The Morgan fingerprint density at radius 2 is 1.88 bits per heavy atom. The summed E-state index contributed by atoms with van der Waals surface area (Å²) in [7, 11) is 0. The summed E-state index contributed by atoms with van der Waals surface area (Å²) in [6.07, 6.45) is 0. The lowest BCUT2D eigenvalue weighted by Gasteiger charge is -1.99. The highest BCUT2D eigenvalue weighted by Gasteiger charge is 2.04. The van der Waals surface area contributed by atoms with Gasteiger partial charge in [0.2, 0.25) is 0 Å². The maximum Gasteiger partial charge on any atom is 0.126 e. The van der Waals surface area contributed by atoms with Gasteiger partial charge in [0.05, 0.1) is 10.7 Å². The number of hydrogen-bond donors (Lipinski definition) is 0. The second-order valence-corrected chi connectivity index (χ2v) is 4.28. The van der Waals surface area contributed by atoms with Crippen LogP contribution in [0.2, 0.25) is 0 Å². The summed E-state index contributed by atoms with van der Waals surface area (Å²) in [4.78, 5) is 4.35. The predicted octanol–water partition coefficient (Wildman–Crippen LogP) is 4.59. The van der Waals surface area contributed by atoms with Crippen LogP contribution in [0.15, 0.2) is 23.6 Å². The lowest BCUT2D eigenvalue weighted by atomic mass is 10.1. The minimum atomic E-state index is -0.166. The number of thiazole rings is 1. The first-order valence-corrected chi connectivity index (χ1v) is 6.23. The van der Waals surface area contributed by atoms with Crippen molar-refractivity contribution in [2.24, 2.45) is 0 Å². The maximum atomic E-state index is 13.0. The molecule has 1 heterocycles. The monoisotopic (exact) mass is 237 g/mol. The van der Waals surface area contributed by atoms with Crippen LogP contribution in [0.4, 0.5) is 4.39 Å². The molecule has 0 unspecified atom stereocenters. The van der Waals surface area contributed by atoms with Crippen molar-refractivity contribution in [1.29, 1.82) is 0 Å². The van der Waals surface area contributed by atoms with Crippen molar-refractivity contribution in [3.8, 4) is 11.3 Å². The summed E-state index contributed by atoms with van der Waals surface area (Å²) in [5.41, 5.74) is 2.57. The van der Waals surface area contributed by atoms with E-state index in [0.29, 0.717) is 5.56 Å². The van der Waals surface area contributed by atoms with Crippen molar-refractivity contribution < 1.29 is 4.39 Å². The Balaban J connectivity index is 0.000000606. The molecule has 0 aliphatic heterocycles. The van der Waals surface area contributed by atoms with Crippen molar-refractivity contribution in [3.63, 3.8) is 0 Å². The number of benzene rings is 1. The summed E-state index contributed by atoms with van der Waals surface area (Å²) < 4.78 is 13.0. The van der Waals surface area contributed by atoms with Gasteiger partial charge in [-0.2, -0.15) is 0 Å². The highest BCUT2D eigenvalue weighted by atomic mass is 32.1. The summed E-state index contributed by atoms with van der Waals surface area (Å²) in [5.74, 6) is -0.166. The molecule has 0 aliphatic carbocycles. The number of nitrogens with zero attached hydrogens (tertiary/aromatic N) is 1. The van der Waals surface area contributed by atoms with Gasteiger partial charge in [-0.1, -0.05) is 13.8 Å². The van der Waals surface area contributed by atoms with Crippen molar-refractivity contribution in [1.82, 2.24) is 4.98 Å². The van der Waals surface area contributed by atoms with Crippen LogP contribution in [0.3, 0.4) is 0 Å². The van der Waals surface area contributed by atoms with E-state index in [1.165, 1.54) is 6.07 Å². The average molecular weight is 237 g/mol. The standard InChI is InChI=1S/C11H10FNS.C2H6/c1-7-5-9(3-4-10(7)12)11-6-14-8(2)13-11;1-2/h3-6H,1-2H3;1-2H3. The topological polar surface area (TPSA) is 12.9 Å². The van der Waals surface area contributed by atoms with Gasteiger partial charge in [-0.25, -0.2) is 9.37 Å². The van der Waals surface area contributed by atoms with E-state index in [9.17, 15) is 4.39 Å². The molecule has 3 heteroatoms. The fraction of sp³-hybridized carbons (Fsp3) is 0.308. The molecule has 0 aliphatic rings. The van der Waals surface area contributed by atoms with E-state index in [2.05, 4.69) is 4.98 Å². The van der Waals surface area contributed by atoms with E-state index in [1.807, 2.05) is 32.2 Å². The fourth-order valence-corrected chi connectivity index (χ4v) is 1.92. The molecule has 0 atom stereocenters. The van der Waals surface area contributed by atoms with Crippen LogP contribution < -0.4 is 0 Å². The van der Waals surface area contributed by atoms with Crippen molar-refractivity contribution in [2.75, 3.05) is 0 Å². The van der Waals surface area contributed by atoms with Crippen molar-refractivity contribution in [3.05, 3.63) is 40.0 Å². The molecule has 0 radical (unpaired) electrons. The third kappa shape index (κ3) is 2.89.